The summed E-state index contributed by atoms with van der Waals surface area (Å²) in [6.45, 7) is 0. The standard InChI is InChI=1S/C9H6ClNO2/c10-5-11-8(12)6-3-1-2-4-7(6)9(11)13/h1-4H,5H2/i11+1. The van der Waals surface area contributed by atoms with Crippen LogP contribution in [0.15, 0.2) is 24.3 Å². The van der Waals surface area contributed by atoms with Gasteiger partial charge in [0.2, 0.25) is 0 Å². The lowest BCUT2D eigenvalue weighted by Gasteiger charge is -2.07. The van der Waals surface area contributed by atoms with Gasteiger partial charge in [-0.15, -0.1) is 11.6 Å². The molecule has 1 aromatic rings. The number of imide groups is 1. The van der Waals surface area contributed by atoms with E-state index < -0.39 is 0 Å². The number of amides is 2. The minimum Gasteiger partial charge on any atom is -0.269 e. The molecule has 3 nitrogen and oxygen atoms in total. The van der Waals surface area contributed by atoms with E-state index in [1.807, 2.05) is 0 Å². The number of nitrogens with zero attached hydrogens (tertiary/aromatic N) is 1. The van der Waals surface area contributed by atoms with Gasteiger partial charge in [-0.1, -0.05) is 12.1 Å². The molecule has 13 heavy (non-hydrogen) atoms. The number of halogens is 1. The number of rotatable bonds is 1. The van der Waals surface area contributed by atoms with Crippen molar-refractivity contribution in [3.05, 3.63) is 35.4 Å². The van der Waals surface area contributed by atoms with Gasteiger partial charge in [0, 0.05) is 0 Å². The maximum Gasteiger partial charge on any atom is 0.262 e. The molecule has 1 aliphatic rings. The minimum atomic E-state index is -0.310. The molecule has 0 saturated heterocycles. The van der Waals surface area contributed by atoms with Crippen molar-refractivity contribution in [3.8, 4) is 0 Å². The number of hydrogen-bond donors (Lipinski definition) is 0. The van der Waals surface area contributed by atoms with Crippen molar-refractivity contribution in [2.24, 2.45) is 0 Å². The molecular weight excluding hydrogens is 191 g/mol. The Hall–Kier alpha value is -1.35. The summed E-state index contributed by atoms with van der Waals surface area (Å²) in [7, 11) is 0. The Morgan fingerprint density at radius 2 is 1.54 bits per heavy atom. The molecular formula is C9H6ClNO2. The van der Waals surface area contributed by atoms with Crippen LogP contribution in [0.5, 0.6) is 0 Å². The van der Waals surface area contributed by atoms with Crippen LogP contribution in [0.2, 0.25) is 0 Å². The maximum atomic E-state index is 11.5. The number of hydrogen-bond acceptors (Lipinski definition) is 2. The fourth-order valence-corrected chi connectivity index (χ4v) is 1.56. The number of carbonyl (C=O) groups excluding carboxylic acids is 2. The lowest BCUT2D eigenvalue weighted by atomic mass is 10.1. The van der Waals surface area contributed by atoms with Crippen molar-refractivity contribution in [3.63, 3.8) is 0 Å². The van der Waals surface area contributed by atoms with Crippen LogP contribution < -0.4 is 0 Å². The van der Waals surface area contributed by atoms with E-state index in [0.717, 1.165) is 4.90 Å². The summed E-state index contributed by atoms with van der Waals surface area (Å²) >= 11 is 5.47. The van der Waals surface area contributed by atoms with E-state index in [9.17, 15) is 9.59 Å². The molecule has 1 aromatic carbocycles. The third-order valence-corrected chi connectivity index (χ3v) is 2.24. The fourth-order valence-electron chi connectivity index (χ4n) is 1.35. The van der Waals surface area contributed by atoms with Crippen LogP contribution >= 0.6 is 11.6 Å². The smallest absolute Gasteiger partial charge is 0.262 e. The van der Waals surface area contributed by atoms with Crippen LogP contribution in [0.1, 0.15) is 20.7 Å². The largest absolute Gasteiger partial charge is 0.269 e. The van der Waals surface area contributed by atoms with Crippen molar-refractivity contribution >= 4 is 23.4 Å². The van der Waals surface area contributed by atoms with E-state index in [4.69, 9.17) is 11.6 Å². The topological polar surface area (TPSA) is 37.4 Å². The molecule has 0 aliphatic carbocycles. The van der Waals surface area contributed by atoms with Crippen molar-refractivity contribution in [2.75, 3.05) is 6.00 Å². The van der Waals surface area contributed by atoms with Gasteiger partial charge in [-0.05, 0) is 12.1 Å². The second-order valence-corrected chi connectivity index (χ2v) is 2.94. The lowest BCUT2D eigenvalue weighted by Crippen LogP contribution is -2.28. The van der Waals surface area contributed by atoms with Crippen LogP contribution in [0, 0.1) is 0 Å². The Bertz CT molecular complexity index is 354. The van der Waals surface area contributed by atoms with E-state index in [0.29, 0.717) is 11.1 Å². The Balaban J connectivity index is 2.57. The molecule has 0 saturated carbocycles. The lowest BCUT2D eigenvalue weighted by molar-refractivity contribution is 0.0682. The third kappa shape index (κ3) is 1.04. The van der Waals surface area contributed by atoms with Crippen molar-refractivity contribution in [2.45, 2.75) is 0 Å². The summed E-state index contributed by atoms with van der Waals surface area (Å²) in [5.41, 5.74) is 0.876. The highest BCUT2D eigenvalue weighted by Crippen LogP contribution is 2.22. The zero-order valence-corrected chi connectivity index (χ0v) is 7.41. The molecule has 0 fully saturated rings. The Morgan fingerprint density at radius 1 is 1.08 bits per heavy atom. The second-order valence-electron chi connectivity index (χ2n) is 2.70. The molecule has 1 aliphatic heterocycles. The molecule has 66 valence electrons. The van der Waals surface area contributed by atoms with Gasteiger partial charge in [0.05, 0.1) is 11.1 Å². The van der Waals surface area contributed by atoms with Gasteiger partial charge >= 0.3 is 0 Å². The van der Waals surface area contributed by atoms with Gasteiger partial charge in [-0.3, -0.25) is 14.5 Å². The first-order valence-electron chi connectivity index (χ1n) is 3.77. The van der Waals surface area contributed by atoms with Gasteiger partial charge in [-0.25, -0.2) is 0 Å². The van der Waals surface area contributed by atoms with Crippen LogP contribution in [0.4, 0.5) is 0 Å². The van der Waals surface area contributed by atoms with Gasteiger partial charge in [-0.2, -0.15) is 0 Å². The first-order valence-corrected chi connectivity index (χ1v) is 4.30. The molecule has 0 spiro atoms. The quantitative estimate of drug-likeness (QED) is 0.295. The predicted molar refractivity (Wildman–Crippen MR) is 47.7 cm³/mol. The number of carbonyl (C=O) groups is 2. The molecule has 0 unspecified atom stereocenters. The fraction of sp³-hybridized carbons (Fsp3) is 0.111. The normalized spacial score (nSPS) is 15.0. The number of fused-ring (bicyclic) bond motifs is 1. The van der Waals surface area contributed by atoms with Crippen molar-refractivity contribution < 1.29 is 9.59 Å². The highest BCUT2D eigenvalue weighted by Gasteiger charge is 2.34. The summed E-state index contributed by atoms with van der Waals surface area (Å²) in [4.78, 5) is 23.9. The molecule has 2 amide bonds. The molecule has 4 heteroatoms. The van der Waals surface area contributed by atoms with Gasteiger partial charge < -0.3 is 0 Å². The maximum absolute atomic E-state index is 11.5. The third-order valence-electron chi connectivity index (χ3n) is 2.00. The zero-order chi connectivity index (χ0) is 9.42. The van der Waals surface area contributed by atoms with Crippen molar-refractivity contribution in [1.82, 2.24) is 4.90 Å². The molecule has 1 heterocycles. The molecule has 0 aromatic heterocycles. The summed E-state index contributed by atoms with van der Waals surface area (Å²) in [5, 5.41) is 0. The second kappa shape index (κ2) is 2.85. The molecule has 0 atom stereocenters. The summed E-state index contributed by atoms with van der Waals surface area (Å²) < 4.78 is 0. The number of alkyl halides is 1. The first-order chi connectivity index (χ1) is 6.25. The van der Waals surface area contributed by atoms with E-state index in [-0.39, 0.29) is 17.8 Å². The van der Waals surface area contributed by atoms with Gasteiger partial charge in [0.15, 0.2) is 0 Å². The highest BCUT2D eigenvalue weighted by atomic mass is 35.5. The molecule has 0 radical (unpaired) electrons. The van der Waals surface area contributed by atoms with E-state index >= 15 is 0 Å². The first kappa shape index (κ1) is 8.26. The average Bonchev–Trinajstić information content (AvgIpc) is 2.41. The number of benzene rings is 1. The van der Waals surface area contributed by atoms with E-state index in [2.05, 4.69) is 0 Å². The highest BCUT2D eigenvalue weighted by molar-refractivity contribution is 6.27. The van der Waals surface area contributed by atoms with Gasteiger partial charge in [0.1, 0.15) is 6.00 Å². The van der Waals surface area contributed by atoms with E-state index in [1.165, 1.54) is 0 Å². The zero-order valence-electron chi connectivity index (χ0n) is 6.66. The summed E-state index contributed by atoms with van der Waals surface area (Å²) in [5.74, 6) is -0.619. The molecule has 0 bridgehead atoms. The Morgan fingerprint density at radius 3 is 1.92 bits per heavy atom. The van der Waals surface area contributed by atoms with Crippen LogP contribution in [-0.4, -0.2) is 22.7 Å². The van der Waals surface area contributed by atoms with Crippen LogP contribution in [0.3, 0.4) is 0 Å². The summed E-state index contributed by atoms with van der Waals surface area (Å²) in [6.07, 6.45) is 0. The van der Waals surface area contributed by atoms with E-state index in [1.54, 1.807) is 24.3 Å². The Labute approximate surface area is 79.9 Å². The Kier molecular flexibility index (Phi) is 1.81. The molecule has 2 rings (SSSR count). The predicted octanol–water partition coefficient (Wildman–Crippen LogP) is 1.48. The van der Waals surface area contributed by atoms with Gasteiger partial charge in [0.25, 0.3) is 11.8 Å². The van der Waals surface area contributed by atoms with Crippen molar-refractivity contribution in [1.29, 1.82) is 0 Å². The average molecular weight is 197 g/mol. The summed E-state index contributed by atoms with van der Waals surface area (Å²) in [6, 6.07) is 6.61. The van der Waals surface area contributed by atoms with Crippen LogP contribution in [-0.2, 0) is 0 Å². The monoisotopic (exact) mass is 196 g/mol. The van der Waals surface area contributed by atoms with Crippen LogP contribution in [0.25, 0.3) is 0 Å². The SMILES string of the molecule is O=C1c2ccccc2C(=O)[15N]1CCl. The molecule has 0 N–H and O–H groups in total. The minimum absolute atomic E-state index is 0.0909.